The average molecular weight is 409 g/mol. The number of anilines is 1. The lowest BCUT2D eigenvalue weighted by atomic mass is 10.1. The maximum absolute atomic E-state index is 13.9. The van der Waals surface area contributed by atoms with Crippen LogP contribution in [0.15, 0.2) is 34.8 Å². The van der Waals surface area contributed by atoms with Crippen molar-refractivity contribution in [3.63, 3.8) is 0 Å². The second-order valence-corrected chi connectivity index (χ2v) is 6.15. The van der Waals surface area contributed by atoms with Crippen LogP contribution >= 0.6 is 15.9 Å². The molecule has 0 saturated heterocycles. The van der Waals surface area contributed by atoms with Crippen LogP contribution in [0.5, 0.6) is 5.75 Å². The summed E-state index contributed by atoms with van der Waals surface area (Å²) in [6.07, 6.45) is 5.47. The predicted molar refractivity (Wildman–Crippen MR) is 95.5 cm³/mol. The van der Waals surface area contributed by atoms with Gasteiger partial charge in [0, 0.05) is 10.2 Å². The van der Waals surface area contributed by atoms with E-state index in [4.69, 9.17) is 16.9 Å². The summed E-state index contributed by atoms with van der Waals surface area (Å²) in [6.45, 7) is 1.70. The van der Waals surface area contributed by atoms with Crippen molar-refractivity contribution in [2.24, 2.45) is 5.73 Å². The van der Waals surface area contributed by atoms with Gasteiger partial charge in [-0.25, -0.2) is 4.39 Å². The number of nitrogens with two attached hydrogens (primary N) is 1. The highest BCUT2D eigenvalue weighted by Gasteiger charge is 2.20. The molecule has 0 fully saturated rings. The number of carbonyl (C=O) groups is 1. The summed E-state index contributed by atoms with van der Waals surface area (Å²) >= 11 is 3.36. The van der Waals surface area contributed by atoms with Gasteiger partial charge in [0.15, 0.2) is 11.6 Å². The van der Waals surface area contributed by atoms with Crippen LogP contribution in [0.3, 0.4) is 0 Å². The number of ether oxygens (including phenoxy) is 1. The maximum atomic E-state index is 13.9. The Bertz CT molecular complexity index is 850. The van der Waals surface area contributed by atoms with E-state index in [0.717, 1.165) is 27.9 Å². The smallest absolute Gasteiger partial charge is 0.252 e. The number of nitrogens with one attached hydrogen (secondary N) is 1. The van der Waals surface area contributed by atoms with Crippen LogP contribution in [0, 0.1) is 30.9 Å². The van der Waals surface area contributed by atoms with Crippen molar-refractivity contribution in [1.29, 1.82) is 0 Å². The third-order valence-corrected chi connectivity index (χ3v) is 3.92. The van der Waals surface area contributed by atoms with Crippen molar-refractivity contribution in [1.82, 2.24) is 0 Å². The molecule has 1 atom stereocenters. The first-order valence-electron chi connectivity index (χ1n) is 7.23. The number of terminal acetylenes is 1. The number of carbonyl (C=O) groups excluding carboxylic acids is 1. The Balaban J connectivity index is 2.18. The quantitative estimate of drug-likeness (QED) is 0.717. The van der Waals surface area contributed by atoms with Crippen LogP contribution in [0.2, 0.25) is 0 Å². The fourth-order valence-corrected chi connectivity index (χ4v) is 2.62. The number of rotatable bonds is 6. The SMILES string of the molecule is C#CC(COc1c(C(N)=O)ccc(F)c1F)Nc1ccc(Br)cc1C. The van der Waals surface area contributed by atoms with E-state index < -0.39 is 29.3 Å². The van der Waals surface area contributed by atoms with Crippen LogP contribution < -0.4 is 15.8 Å². The van der Waals surface area contributed by atoms with E-state index >= 15 is 0 Å². The Morgan fingerprint density at radius 1 is 1.40 bits per heavy atom. The predicted octanol–water partition coefficient (Wildman–Crippen LogP) is 3.63. The minimum Gasteiger partial charge on any atom is -0.486 e. The molecule has 0 aromatic heterocycles. The Hall–Kier alpha value is -2.59. The van der Waals surface area contributed by atoms with Crippen molar-refractivity contribution in [3.05, 3.63) is 57.6 Å². The largest absolute Gasteiger partial charge is 0.486 e. The minimum absolute atomic E-state index is 0.188. The van der Waals surface area contributed by atoms with E-state index in [-0.39, 0.29) is 12.2 Å². The van der Waals surface area contributed by atoms with Crippen LogP contribution in [-0.2, 0) is 0 Å². The molecule has 0 aliphatic carbocycles. The van der Waals surface area contributed by atoms with E-state index in [9.17, 15) is 13.6 Å². The first-order chi connectivity index (χ1) is 11.8. The minimum atomic E-state index is -1.29. The summed E-state index contributed by atoms with van der Waals surface area (Å²) in [4.78, 5) is 11.4. The third-order valence-electron chi connectivity index (χ3n) is 3.43. The molecule has 2 rings (SSSR count). The number of hydrogen-bond acceptors (Lipinski definition) is 3. The van der Waals surface area contributed by atoms with E-state index in [1.165, 1.54) is 0 Å². The molecule has 7 heteroatoms. The Morgan fingerprint density at radius 2 is 2.12 bits per heavy atom. The highest BCUT2D eigenvalue weighted by molar-refractivity contribution is 9.10. The zero-order valence-electron chi connectivity index (χ0n) is 13.3. The van der Waals surface area contributed by atoms with E-state index in [0.29, 0.717) is 0 Å². The molecule has 3 N–H and O–H groups in total. The van der Waals surface area contributed by atoms with Crippen molar-refractivity contribution in [3.8, 4) is 18.1 Å². The molecule has 0 saturated carbocycles. The molecular formula is C18H15BrF2N2O2. The molecule has 1 amide bonds. The molecular weight excluding hydrogens is 394 g/mol. The number of hydrogen-bond donors (Lipinski definition) is 2. The number of aryl methyl sites for hydroxylation is 1. The fraction of sp³-hybridized carbons (Fsp3) is 0.167. The van der Waals surface area contributed by atoms with Gasteiger partial charge >= 0.3 is 0 Å². The van der Waals surface area contributed by atoms with Crippen LogP contribution in [-0.4, -0.2) is 18.6 Å². The molecule has 25 heavy (non-hydrogen) atoms. The molecule has 2 aromatic rings. The Morgan fingerprint density at radius 3 is 2.72 bits per heavy atom. The van der Waals surface area contributed by atoms with E-state index in [2.05, 4.69) is 27.2 Å². The lowest BCUT2D eigenvalue weighted by molar-refractivity contribution is 0.0995. The summed E-state index contributed by atoms with van der Waals surface area (Å²) < 4.78 is 33.5. The molecule has 1 unspecified atom stereocenters. The highest BCUT2D eigenvalue weighted by Crippen LogP contribution is 2.26. The van der Waals surface area contributed by atoms with E-state index in [1.54, 1.807) is 0 Å². The lowest BCUT2D eigenvalue weighted by Crippen LogP contribution is -2.27. The van der Waals surface area contributed by atoms with E-state index in [1.807, 2.05) is 25.1 Å². The van der Waals surface area contributed by atoms with Gasteiger partial charge in [-0.3, -0.25) is 4.79 Å². The molecule has 0 spiro atoms. The number of amides is 1. The lowest BCUT2D eigenvalue weighted by Gasteiger charge is -2.18. The van der Waals surface area contributed by atoms with Gasteiger partial charge in [-0.2, -0.15) is 4.39 Å². The van der Waals surface area contributed by atoms with Gasteiger partial charge in [0.2, 0.25) is 5.82 Å². The maximum Gasteiger partial charge on any atom is 0.252 e. The summed E-state index contributed by atoms with van der Waals surface area (Å²) in [5.74, 6) is -1.45. The van der Waals surface area contributed by atoms with Gasteiger partial charge in [-0.05, 0) is 42.8 Å². The van der Waals surface area contributed by atoms with Gasteiger partial charge in [0.1, 0.15) is 12.6 Å². The monoisotopic (exact) mass is 408 g/mol. The molecule has 0 aliphatic rings. The van der Waals surface area contributed by atoms with Crippen molar-refractivity contribution in [2.45, 2.75) is 13.0 Å². The zero-order valence-corrected chi connectivity index (χ0v) is 14.9. The van der Waals surface area contributed by atoms with Crippen molar-refractivity contribution >= 4 is 27.5 Å². The second kappa shape index (κ2) is 7.99. The van der Waals surface area contributed by atoms with Crippen molar-refractivity contribution in [2.75, 3.05) is 11.9 Å². The van der Waals surface area contributed by atoms with Gasteiger partial charge in [-0.15, -0.1) is 6.42 Å². The third kappa shape index (κ3) is 4.48. The molecule has 2 aromatic carbocycles. The fourth-order valence-electron chi connectivity index (χ4n) is 2.14. The second-order valence-electron chi connectivity index (χ2n) is 5.24. The number of halogens is 3. The summed E-state index contributed by atoms with van der Waals surface area (Å²) in [5, 5.41) is 3.06. The normalized spacial score (nSPS) is 11.5. The molecule has 130 valence electrons. The number of primary amides is 1. The summed E-state index contributed by atoms with van der Waals surface area (Å²) in [7, 11) is 0. The molecule has 0 radical (unpaired) electrons. The van der Waals surface area contributed by atoms with Gasteiger partial charge in [-0.1, -0.05) is 21.9 Å². The highest BCUT2D eigenvalue weighted by atomic mass is 79.9. The molecule has 0 heterocycles. The topological polar surface area (TPSA) is 64.3 Å². The summed E-state index contributed by atoms with van der Waals surface area (Å²) in [6, 6.07) is 6.79. The Kier molecular flexibility index (Phi) is 5.99. The first-order valence-corrected chi connectivity index (χ1v) is 8.02. The first kappa shape index (κ1) is 18.7. The van der Waals surface area contributed by atoms with Crippen LogP contribution in [0.1, 0.15) is 15.9 Å². The van der Waals surface area contributed by atoms with Gasteiger partial charge in [0.05, 0.1) is 5.56 Å². The van der Waals surface area contributed by atoms with Gasteiger partial charge < -0.3 is 15.8 Å². The number of benzene rings is 2. The van der Waals surface area contributed by atoms with Gasteiger partial charge in [0.25, 0.3) is 5.91 Å². The van der Waals surface area contributed by atoms with Crippen LogP contribution in [0.25, 0.3) is 0 Å². The molecule has 0 bridgehead atoms. The molecule has 4 nitrogen and oxygen atoms in total. The zero-order chi connectivity index (χ0) is 18.6. The van der Waals surface area contributed by atoms with Crippen LogP contribution in [0.4, 0.5) is 14.5 Å². The standard InChI is InChI=1S/C18H15BrF2N2O2/c1-3-12(23-15-7-4-11(19)8-10(15)2)9-25-17-13(18(22)24)5-6-14(20)16(17)21/h1,4-8,12,23H,9H2,2H3,(H2,22,24). The summed E-state index contributed by atoms with van der Waals surface area (Å²) in [5.41, 5.74) is 6.61. The van der Waals surface area contributed by atoms with Crippen molar-refractivity contribution < 1.29 is 18.3 Å². The Labute approximate surface area is 152 Å². The molecule has 0 aliphatic heterocycles. The average Bonchev–Trinajstić information content (AvgIpc) is 2.56.